The molecule has 1 rings (SSSR count). The van der Waals surface area contributed by atoms with Crippen molar-refractivity contribution in [3.8, 4) is 0 Å². The highest BCUT2D eigenvalue weighted by Crippen LogP contribution is 2.08. The molecule has 0 radical (unpaired) electrons. The molecule has 0 aromatic carbocycles. The molecular weight excluding hydrogens is 222 g/mol. The predicted molar refractivity (Wildman–Crippen MR) is 77.5 cm³/mol. The van der Waals surface area contributed by atoms with Crippen molar-refractivity contribution in [1.29, 1.82) is 0 Å². The first-order chi connectivity index (χ1) is 8.67. The summed E-state index contributed by atoms with van der Waals surface area (Å²) in [7, 11) is 0. The molecule has 0 atom stereocenters. The van der Waals surface area contributed by atoms with E-state index in [1.807, 2.05) is 0 Å². The van der Waals surface area contributed by atoms with E-state index in [-0.39, 0.29) is 0 Å². The molecule has 0 saturated heterocycles. The summed E-state index contributed by atoms with van der Waals surface area (Å²) in [6.07, 6.45) is 1.19. The van der Waals surface area contributed by atoms with E-state index in [1.54, 1.807) is 0 Å². The Morgan fingerprint density at radius 1 is 1.22 bits per heavy atom. The summed E-state index contributed by atoms with van der Waals surface area (Å²) in [4.78, 5) is 7.18. The lowest BCUT2D eigenvalue weighted by Crippen LogP contribution is -2.31. The SMILES string of the molecule is CCCN(Cc1cccc(CNCC)n1)C(C)C. The van der Waals surface area contributed by atoms with Crippen molar-refractivity contribution in [2.24, 2.45) is 0 Å². The Balaban J connectivity index is 2.64. The first-order valence-electron chi connectivity index (χ1n) is 7.07. The van der Waals surface area contributed by atoms with Gasteiger partial charge in [-0.2, -0.15) is 0 Å². The lowest BCUT2D eigenvalue weighted by Gasteiger charge is -2.25. The number of pyridine rings is 1. The third-order valence-electron chi connectivity index (χ3n) is 3.03. The van der Waals surface area contributed by atoms with Gasteiger partial charge in [0.15, 0.2) is 0 Å². The summed E-state index contributed by atoms with van der Waals surface area (Å²) in [5.74, 6) is 0. The van der Waals surface area contributed by atoms with E-state index in [4.69, 9.17) is 4.98 Å². The summed E-state index contributed by atoms with van der Waals surface area (Å²) < 4.78 is 0. The minimum Gasteiger partial charge on any atom is -0.311 e. The Labute approximate surface area is 112 Å². The van der Waals surface area contributed by atoms with E-state index < -0.39 is 0 Å². The van der Waals surface area contributed by atoms with Gasteiger partial charge >= 0.3 is 0 Å². The summed E-state index contributed by atoms with van der Waals surface area (Å²) >= 11 is 0. The summed E-state index contributed by atoms with van der Waals surface area (Å²) in [5, 5.41) is 3.32. The molecule has 0 amide bonds. The van der Waals surface area contributed by atoms with Crippen molar-refractivity contribution in [2.75, 3.05) is 13.1 Å². The van der Waals surface area contributed by atoms with Crippen LogP contribution in [0.2, 0.25) is 0 Å². The second-order valence-corrected chi connectivity index (χ2v) is 4.96. The van der Waals surface area contributed by atoms with Gasteiger partial charge in [-0.15, -0.1) is 0 Å². The lowest BCUT2D eigenvalue weighted by atomic mass is 10.2. The number of rotatable bonds is 8. The second-order valence-electron chi connectivity index (χ2n) is 4.96. The highest BCUT2D eigenvalue weighted by Gasteiger charge is 2.09. The number of nitrogens with one attached hydrogen (secondary N) is 1. The Bertz CT molecular complexity index is 336. The Kier molecular flexibility index (Phi) is 6.91. The van der Waals surface area contributed by atoms with Crippen LogP contribution in [0.15, 0.2) is 18.2 Å². The zero-order valence-electron chi connectivity index (χ0n) is 12.2. The van der Waals surface area contributed by atoms with E-state index in [0.717, 1.165) is 31.9 Å². The molecule has 0 unspecified atom stereocenters. The molecule has 0 fully saturated rings. The summed E-state index contributed by atoms with van der Waals surface area (Å²) in [6, 6.07) is 6.90. The van der Waals surface area contributed by atoms with Gasteiger partial charge in [-0.25, -0.2) is 0 Å². The van der Waals surface area contributed by atoms with Crippen LogP contribution in [-0.2, 0) is 13.1 Å². The van der Waals surface area contributed by atoms with Gasteiger partial charge in [0.05, 0.1) is 11.4 Å². The predicted octanol–water partition coefficient (Wildman–Crippen LogP) is 2.81. The fraction of sp³-hybridized carbons (Fsp3) is 0.667. The molecule has 18 heavy (non-hydrogen) atoms. The molecule has 0 spiro atoms. The van der Waals surface area contributed by atoms with Gasteiger partial charge in [0, 0.05) is 19.1 Å². The molecule has 0 aliphatic rings. The highest BCUT2D eigenvalue weighted by atomic mass is 15.1. The molecule has 0 aliphatic heterocycles. The van der Waals surface area contributed by atoms with Gasteiger partial charge in [0.2, 0.25) is 0 Å². The van der Waals surface area contributed by atoms with Crippen molar-refractivity contribution in [1.82, 2.24) is 15.2 Å². The fourth-order valence-corrected chi connectivity index (χ4v) is 1.98. The molecule has 3 nitrogen and oxygen atoms in total. The largest absolute Gasteiger partial charge is 0.311 e. The van der Waals surface area contributed by atoms with Crippen LogP contribution in [0.3, 0.4) is 0 Å². The van der Waals surface area contributed by atoms with Crippen LogP contribution in [0.1, 0.15) is 45.5 Å². The van der Waals surface area contributed by atoms with Crippen molar-refractivity contribution in [2.45, 2.75) is 53.2 Å². The second kappa shape index (κ2) is 8.22. The molecular formula is C15H27N3. The van der Waals surface area contributed by atoms with E-state index in [9.17, 15) is 0 Å². The molecule has 3 heteroatoms. The Hall–Kier alpha value is -0.930. The van der Waals surface area contributed by atoms with Crippen LogP contribution >= 0.6 is 0 Å². The van der Waals surface area contributed by atoms with Gasteiger partial charge in [-0.05, 0) is 45.5 Å². The van der Waals surface area contributed by atoms with Crippen LogP contribution in [0.5, 0.6) is 0 Å². The minimum absolute atomic E-state index is 0.573. The van der Waals surface area contributed by atoms with Crippen LogP contribution in [0, 0.1) is 0 Å². The Morgan fingerprint density at radius 3 is 2.56 bits per heavy atom. The van der Waals surface area contributed by atoms with E-state index >= 15 is 0 Å². The van der Waals surface area contributed by atoms with Gasteiger partial charge in [-0.3, -0.25) is 9.88 Å². The lowest BCUT2D eigenvalue weighted by molar-refractivity contribution is 0.210. The van der Waals surface area contributed by atoms with Gasteiger partial charge in [0.25, 0.3) is 0 Å². The van der Waals surface area contributed by atoms with Crippen LogP contribution in [-0.4, -0.2) is 29.0 Å². The summed E-state index contributed by atoms with van der Waals surface area (Å²) in [6.45, 7) is 12.8. The van der Waals surface area contributed by atoms with E-state index in [1.165, 1.54) is 12.1 Å². The van der Waals surface area contributed by atoms with Crippen LogP contribution < -0.4 is 5.32 Å². The molecule has 102 valence electrons. The maximum atomic E-state index is 4.71. The first-order valence-corrected chi connectivity index (χ1v) is 7.07. The molecule has 1 aromatic rings. The van der Waals surface area contributed by atoms with Crippen molar-refractivity contribution in [3.63, 3.8) is 0 Å². The monoisotopic (exact) mass is 249 g/mol. The number of aromatic nitrogens is 1. The zero-order chi connectivity index (χ0) is 13.4. The zero-order valence-corrected chi connectivity index (χ0v) is 12.2. The third kappa shape index (κ3) is 5.15. The third-order valence-corrected chi connectivity index (χ3v) is 3.03. The molecule has 1 heterocycles. The van der Waals surface area contributed by atoms with Crippen LogP contribution in [0.4, 0.5) is 0 Å². The summed E-state index contributed by atoms with van der Waals surface area (Å²) in [5.41, 5.74) is 2.31. The number of hydrogen-bond donors (Lipinski definition) is 1. The normalized spacial score (nSPS) is 11.4. The quantitative estimate of drug-likeness (QED) is 0.768. The smallest absolute Gasteiger partial charge is 0.0547 e. The Morgan fingerprint density at radius 2 is 1.94 bits per heavy atom. The average molecular weight is 249 g/mol. The molecule has 1 aromatic heterocycles. The van der Waals surface area contributed by atoms with Gasteiger partial charge in [-0.1, -0.05) is 19.9 Å². The van der Waals surface area contributed by atoms with E-state index in [2.05, 4.69) is 56.1 Å². The molecule has 0 saturated carbocycles. The number of hydrogen-bond acceptors (Lipinski definition) is 3. The standard InChI is InChI=1S/C15H27N3/c1-5-10-18(13(3)4)12-15-9-7-8-14(17-15)11-16-6-2/h7-9,13,16H,5-6,10-12H2,1-4H3. The fourth-order valence-electron chi connectivity index (χ4n) is 1.98. The van der Waals surface area contributed by atoms with E-state index in [0.29, 0.717) is 6.04 Å². The molecule has 1 N–H and O–H groups in total. The van der Waals surface area contributed by atoms with Crippen molar-refractivity contribution >= 4 is 0 Å². The van der Waals surface area contributed by atoms with Crippen molar-refractivity contribution < 1.29 is 0 Å². The van der Waals surface area contributed by atoms with Crippen molar-refractivity contribution in [3.05, 3.63) is 29.6 Å². The van der Waals surface area contributed by atoms with Gasteiger partial charge in [0.1, 0.15) is 0 Å². The molecule has 0 aliphatic carbocycles. The number of nitrogens with zero attached hydrogens (tertiary/aromatic N) is 2. The van der Waals surface area contributed by atoms with Crippen LogP contribution in [0.25, 0.3) is 0 Å². The maximum Gasteiger partial charge on any atom is 0.0547 e. The topological polar surface area (TPSA) is 28.2 Å². The minimum atomic E-state index is 0.573. The maximum absolute atomic E-state index is 4.71. The van der Waals surface area contributed by atoms with Gasteiger partial charge < -0.3 is 5.32 Å². The highest BCUT2D eigenvalue weighted by molar-refractivity contribution is 5.11. The first kappa shape index (κ1) is 15.1. The average Bonchev–Trinajstić information content (AvgIpc) is 2.36. The molecule has 0 bridgehead atoms.